The number of nitrogens with one attached hydrogen (secondary N) is 2. The smallest absolute Gasteiger partial charge is 0.261 e. The second-order valence-electron chi connectivity index (χ2n) is 7.87. The number of hydrogen-bond donors (Lipinski definition) is 2. The van der Waals surface area contributed by atoms with E-state index in [9.17, 15) is 9.59 Å². The van der Waals surface area contributed by atoms with Crippen molar-refractivity contribution < 1.29 is 14.0 Å². The molecule has 6 nitrogen and oxygen atoms in total. The third-order valence-electron chi connectivity index (χ3n) is 5.49. The van der Waals surface area contributed by atoms with Gasteiger partial charge in [0.15, 0.2) is 5.13 Å². The molecule has 0 fully saturated rings. The van der Waals surface area contributed by atoms with Crippen LogP contribution < -0.4 is 10.6 Å². The molecule has 5 rings (SSSR count). The maximum Gasteiger partial charge on any atom is 0.261 e. The number of thiazole rings is 1. The summed E-state index contributed by atoms with van der Waals surface area (Å²) in [6.45, 7) is 1.96. The van der Waals surface area contributed by atoms with Crippen molar-refractivity contribution in [1.29, 1.82) is 0 Å². The Labute approximate surface area is 200 Å². The number of fused-ring (bicyclic) bond motifs is 1. The highest BCUT2D eigenvalue weighted by atomic mass is 32.1. The third-order valence-corrected chi connectivity index (χ3v) is 6.40. The summed E-state index contributed by atoms with van der Waals surface area (Å²) in [4.78, 5) is 30.6. The van der Waals surface area contributed by atoms with Crippen molar-refractivity contribution in [2.24, 2.45) is 0 Å². The van der Waals surface area contributed by atoms with Crippen molar-refractivity contribution in [3.05, 3.63) is 112 Å². The average molecular weight is 468 g/mol. The normalized spacial score (nSPS) is 10.9. The molecule has 3 aromatic carbocycles. The summed E-state index contributed by atoms with van der Waals surface area (Å²) >= 11 is 1.42. The highest BCUT2D eigenvalue weighted by molar-refractivity contribution is 7.15. The van der Waals surface area contributed by atoms with Gasteiger partial charge in [-0.2, -0.15) is 0 Å². The molecule has 0 saturated heterocycles. The van der Waals surface area contributed by atoms with Gasteiger partial charge in [-0.1, -0.05) is 48.5 Å². The molecule has 0 aliphatic carbocycles. The highest BCUT2D eigenvalue weighted by Crippen LogP contribution is 2.25. The van der Waals surface area contributed by atoms with E-state index in [1.807, 2.05) is 79.7 Å². The van der Waals surface area contributed by atoms with Crippen molar-refractivity contribution in [3.63, 3.8) is 0 Å². The standard InChI is InChI=1S/C27H21N3O3S/c1-17-6-2-4-8-23(17)29-25(31)19-12-10-18(11-13-19)14-20-15-28-27(34-20)30-26(32)22-16-33-24-9-5-3-7-21(22)24/h2-13,15-16H,14H2,1H3,(H,29,31)(H,28,30,32). The fraction of sp³-hybridized carbons (Fsp3) is 0.0741. The molecule has 34 heavy (non-hydrogen) atoms. The zero-order valence-corrected chi connectivity index (χ0v) is 19.2. The number of benzene rings is 3. The fourth-order valence-corrected chi connectivity index (χ4v) is 4.49. The minimum atomic E-state index is -0.255. The first-order valence-corrected chi connectivity index (χ1v) is 11.6. The van der Waals surface area contributed by atoms with Crippen LogP contribution in [0.4, 0.5) is 10.8 Å². The molecule has 168 valence electrons. The molecule has 0 atom stereocenters. The number of hydrogen-bond acceptors (Lipinski definition) is 5. The molecule has 0 aliphatic heterocycles. The van der Waals surface area contributed by atoms with E-state index in [2.05, 4.69) is 15.6 Å². The van der Waals surface area contributed by atoms with Crippen molar-refractivity contribution in [3.8, 4) is 0 Å². The van der Waals surface area contributed by atoms with Crippen LogP contribution in [-0.2, 0) is 6.42 Å². The molecule has 2 amide bonds. The topological polar surface area (TPSA) is 84.2 Å². The molecule has 0 radical (unpaired) electrons. The Bertz CT molecular complexity index is 1480. The van der Waals surface area contributed by atoms with E-state index in [1.165, 1.54) is 17.6 Å². The largest absolute Gasteiger partial charge is 0.463 e. The average Bonchev–Trinajstić information content (AvgIpc) is 3.48. The van der Waals surface area contributed by atoms with Gasteiger partial charge in [0.1, 0.15) is 11.8 Å². The van der Waals surface area contributed by atoms with Crippen LogP contribution >= 0.6 is 11.3 Å². The number of aryl methyl sites for hydroxylation is 1. The van der Waals surface area contributed by atoms with Gasteiger partial charge in [-0.05, 0) is 42.3 Å². The van der Waals surface area contributed by atoms with E-state index in [1.54, 1.807) is 6.20 Å². The van der Waals surface area contributed by atoms with Gasteiger partial charge in [-0.15, -0.1) is 11.3 Å². The van der Waals surface area contributed by atoms with Gasteiger partial charge in [-0.25, -0.2) is 4.98 Å². The molecule has 0 unspecified atom stereocenters. The second kappa shape index (κ2) is 9.33. The molecular weight excluding hydrogens is 446 g/mol. The predicted octanol–water partition coefficient (Wildman–Crippen LogP) is 6.29. The Balaban J connectivity index is 1.22. The Kier molecular flexibility index (Phi) is 5.93. The zero-order chi connectivity index (χ0) is 23.5. The summed E-state index contributed by atoms with van der Waals surface area (Å²) in [6, 6.07) is 22.6. The molecule has 2 aromatic heterocycles. The van der Waals surface area contributed by atoms with Crippen molar-refractivity contribution in [2.45, 2.75) is 13.3 Å². The number of para-hydroxylation sites is 2. The van der Waals surface area contributed by atoms with Crippen LogP contribution in [0.2, 0.25) is 0 Å². The van der Waals surface area contributed by atoms with Gasteiger partial charge >= 0.3 is 0 Å². The Morgan fingerprint density at radius 3 is 2.50 bits per heavy atom. The lowest BCUT2D eigenvalue weighted by Gasteiger charge is -2.08. The SMILES string of the molecule is Cc1ccccc1NC(=O)c1ccc(Cc2cnc(NC(=O)c3coc4ccccc34)s2)cc1. The van der Waals surface area contributed by atoms with Crippen LogP contribution in [0, 0.1) is 6.92 Å². The number of amides is 2. The summed E-state index contributed by atoms with van der Waals surface area (Å²) in [6.07, 6.45) is 3.87. The van der Waals surface area contributed by atoms with E-state index in [4.69, 9.17) is 4.42 Å². The lowest BCUT2D eigenvalue weighted by molar-refractivity contribution is 0.101. The first kappa shape index (κ1) is 21.6. The molecule has 0 saturated carbocycles. The number of anilines is 2. The number of aromatic nitrogens is 1. The lowest BCUT2D eigenvalue weighted by Crippen LogP contribution is -2.12. The quantitative estimate of drug-likeness (QED) is 0.307. The van der Waals surface area contributed by atoms with Gasteiger partial charge in [0.2, 0.25) is 0 Å². The van der Waals surface area contributed by atoms with E-state index in [0.29, 0.717) is 28.3 Å². The molecule has 0 aliphatic rings. The number of carbonyl (C=O) groups excluding carboxylic acids is 2. The molecule has 2 heterocycles. The zero-order valence-electron chi connectivity index (χ0n) is 18.4. The van der Waals surface area contributed by atoms with Crippen molar-refractivity contribution in [2.75, 3.05) is 10.6 Å². The van der Waals surface area contributed by atoms with Gasteiger partial charge in [0, 0.05) is 34.1 Å². The minimum absolute atomic E-state index is 0.143. The van der Waals surface area contributed by atoms with E-state index in [-0.39, 0.29) is 11.8 Å². The summed E-state index contributed by atoms with van der Waals surface area (Å²) in [5, 5.41) is 7.09. The number of nitrogens with zero attached hydrogens (tertiary/aromatic N) is 1. The van der Waals surface area contributed by atoms with Crippen LogP contribution in [0.5, 0.6) is 0 Å². The lowest BCUT2D eigenvalue weighted by atomic mass is 10.1. The Hall–Kier alpha value is -4.23. The summed E-state index contributed by atoms with van der Waals surface area (Å²) in [5.41, 5.74) is 4.61. The minimum Gasteiger partial charge on any atom is -0.463 e. The van der Waals surface area contributed by atoms with Crippen LogP contribution in [-0.4, -0.2) is 16.8 Å². The Morgan fingerprint density at radius 1 is 0.912 bits per heavy atom. The van der Waals surface area contributed by atoms with Gasteiger partial charge in [-0.3, -0.25) is 14.9 Å². The molecule has 0 spiro atoms. The highest BCUT2D eigenvalue weighted by Gasteiger charge is 2.15. The predicted molar refractivity (Wildman–Crippen MR) is 135 cm³/mol. The fourth-order valence-electron chi connectivity index (χ4n) is 3.65. The second-order valence-corrected chi connectivity index (χ2v) is 8.99. The van der Waals surface area contributed by atoms with Gasteiger partial charge in [0.05, 0.1) is 5.56 Å². The first-order valence-electron chi connectivity index (χ1n) is 10.7. The monoisotopic (exact) mass is 467 g/mol. The molecular formula is C27H21N3O3S. The molecule has 7 heteroatoms. The van der Waals surface area contributed by atoms with E-state index in [0.717, 1.165) is 27.1 Å². The molecule has 5 aromatic rings. The van der Waals surface area contributed by atoms with E-state index < -0.39 is 0 Å². The van der Waals surface area contributed by atoms with Crippen molar-refractivity contribution >= 4 is 44.9 Å². The van der Waals surface area contributed by atoms with Gasteiger partial charge in [0.25, 0.3) is 11.8 Å². The van der Waals surface area contributed by atoms with Crippen LogP contribution in [0.1, 0.15) is 36.7 Å². The number of carbonyl (C=O) groups is 2. The maximum atomic E-state index is 12.7. The van der Waals surface area contributed by atoms with Crippen LogP contribution in [0.15, 0.2) is 89.7 Å². The van der Waals surface area contributed by atoms with Gasteiger partial charge < -0.3 is 9.73 Å². The van der Waals surface area contributed by atoms with E-state index >= 15 is 0 Å². The van der Waals surface area contributed by atoms with Crippen LogP contribution in [0.3, 0.4) is 0 Å². The molecule has 0 bridgehead atoms. The number of furan rings is 1. The van der Waals surface area contributed by atoms with Crippen molar-refractivity contribution in [1.82, 2.24) is 4.98 Å². The first-order chi connectivity index (χ1) is 16.6. The third kappa shape index (κ3) is 4.60. The summed E-state index contributed by atoms with van der Waals surface area (Å²) in [5.74, 6) is -0.398. The Morgan fingerprint density at radius 2 is 1.68 bits per heavy atom. The summed E-state index contributed by atoms with van der Waals surface area (Å²) < 4.78 is 5.45. The molecule has 2 N–H and O–H groups in total. The maximum absolute atomic E-state index is 12.7. The van der Waals surface area contributed by atoms with Crippen LogP contribution in [0.25, 0.3) is 11.0 Å². The number of rotatable bonds is 6. The summed E-state index contributed by atoms with van der Waals surface area (Å²) in [7, 11) is 0.